The third-order valence-corrected chi connectivity index (χ3v) is 3.51. The lowest BCUT2D eigenvalue weighted by Gasteiger charge is -2.03. The molecule has 0 aliphatic heterocycles. The van der Waals surface area contributed by atoms with Crippen molar-refractivity contribution in [1.29, 1.82) is 0 Å². The number of benzene rings is 2. The molecule has 0 aliphatic rings. The van der Waals surface area contributed by atoms with E-state index in [0.29, 0.717) is 0 Å². The van der Waals surface area contributed by atoms with E-state index < -0.39 is 0 Å². The predicted molar refractivity (Wildman–Crippen MR) is 80.1 cm³/mol. The minimum atomic E-state index is 0. The maximum atomic E-state index is 4.45. The molecule has 0 atom stereocenters. The molecule has 0 unspecified atom stereocenters. The minimum absolute atomic E-state index is 0. The number of para-hydroxylation sites is 1. The van der Waals surface area contributed by atoms with Gasteiger partial charge in [-0.15, -0.1) is 24.2 Å². The molecule has 0 radical (unpaired) electrons. The molecule has 1 heterocycles. The molecule has 0 amide bonds. The van der Waals surface area contributed by atoms with Crippen LogP contribution in [0.2, 0.25) is 0 Å². The second-order valence-electron chi connectivity index (χ2n) is 3.80. The van der Waals surface area contributed by atoms with Gasteiger partial charge in [0.05, 0.1) is 11.0 Å². The standard InChI is InChI=1S/C14H12N2S.ClH/c1-17-12-7-8-14-13(9-12)15-10-16(14)11-5-3-2-4-6-11;/h2-10H,1H3;1H. The Balaban J connectivity index is 0.00000120. The maximum Gasteiger partial charge on any atom is 0.100 e. The summed E-state index contributed by atoms with van der Waals surface area (Å²) >= 11 is 1.74. The van der Waals surface area contributed by atoms with Crippen molar-refractivity contribution >= 4 is 35.2 Å². The molecule has 3 rings (SSSR count). The zero-order valence-electron chi connectivity index (χ0n) is 9.91. The highest BCUT2D eigenvalue weighted by molar-refractivity contribution is 7.98. The number of hydrogen-bond donors (Lipinski definition) is 0. The molecule has 4 heteroatoms. The van der Waals surface area contributed by atoms with Crippen molar-refractivity contribution in [2.24, 2.45) is 0 Å². The molecule has 0 N–H and O–H groups in total. The van der Waals surface area contributed by atoms with E-state index in [0.717, 1.165) is 16.7 Å². The van der Waals surface area contributed by atoms with Gasteiger partial charge in [-0.05, 0) is 36.6 Å². The molecule has 0 fully saturated rings. The largest absolute Gasteiger partial charge is 0.299 e. The smallest absolute Gasteiger partial charge is 0.100 e. The Labute approximate surface area is 116 Å². The third-order valence-electron chi connectivity index (χ3n) is 2.79. The van der Waals surface area contributed by atoms with Gasteiger partial charge in [0.25, 0.3) is 0 Å². The Morgan fingerprint density at radius 2 is 1.83 bits per heavy atom. The summed E-state index contributed by atoms with van der Waals surface area (Å²) in [5.74, 6) is 0. The van der Waals surface area contributed by atoms with Crippen LogP contribution in [-0.2, 0) is 0 Å². The van der Waals surface area contributed by atoms with Gasteiger partial charge < -0.3 is 0 Å². The SMILES string of the molecule is CSc1ccc2c(c1)ncn2-c1ccccc1.Cl. The van der Waals surface area contributed by atoms with Crippen LogP contribution in [0.15, 0.2) is 59.8 Å². The van der Waals surface area contributed by atoms with E-state index in [1.807, 2.05) is 24.5 Å². The van der Waals surface area contributed by atoms with Crippen LogP contribution in [0, 0.1) is 0 Å². The summed E-state index contributed by atoms with van der Waals surface area (Å²) in [6.45, 7) is 0. The summed E-state index contributed by atoms with van der Waals surface area (Å²) < 4.78 is 2.11. The summed E-state index contributed by atoms with van der Waals surface area (Å²) in [6.07, 6.45) is 3.96. The number of thioether (sulfide) groups is 1. The molecule has 0 saturated heterocycles. The second-order valence-corrected chi connectivity index (χ2v) is 4.68. The first-order valence-corrected chi connectivity index (χ1v) is 6.67. The zero-order chi connectivity index (χ0) is 11.7. The van der Waals surface area contributed by atoms with Crippen LogP contribution >= 0.6 is 24.2 Å². The van der Waals surface area contributed by atoms with Crippen LogP contribution in [-0.4, -0.2) is 15.8 Å². The van der Waals surface area contributed by atoms with Gasteiger partial charge in [0.15, 0.2) is 0 Å². The molecule has 0 spiro atoms. The number of nitrogens with zero attached hydrogens (tertiary/aromatic N) is 2. The van der Waals surface area contributed by atoms with Gasteiger partial charge in [0.2, 0.25) is 0 Å². The number of fused-ring (bicyclic) bond motifs is 1. The number of hydrogen-bond acceptors (Lipinski definition) is 2. The first-order chi connectivity index (χ1) is 8.38. The van der Waals surface area contributed by atoms with Gasteiger partial charge in [-0.3, -0.25) is 4.57 Å². The predicted octanol–water partition coefficient (Wildman–Crippen LogP) is 4.17. The second kappa shape index (κ2) is 5.46. The Bertz CT molecular complexity index is 649. The zero-order valence-corrected chi connectivity index (χ0v) is 11.5. The summed E-state index contributed by atoms with van der Waals surface area (Å²) in [5, 5.41) is 0. The van der Waals surface area contributed by atoms with Gasteiger partial charge in [0.1, 0.15) is 6.33 Å². The molecule has 2 nitrogen and oxygen atoms in total. The fourth-order valence-electron chi connectivity index (χ4n) is 1.91. The first kappa shape index (κ1) is 13.0. The topological polar surface area (TPSA) is 17.8 Å². The van der Waals surface area contributed by atoms with E-state index >= 15 is 0 Å². The number of rotatable bonds is 2. The summed E-state index contributed by atoms with van der Waals surface area (Å²) in [7, 11) is 0. The number of aromatic nitrogens is 2. The molecular weight excluding hydrogens is 264 g/mol. The van der Waals surface area contributed by atoms with Crippen molar-refractivity contribution in [3.05, 3.63) is 54.9 Å². The van der Waals surface area contributed by atoms with Crippen molar-refractivity contribution in [2.75, 3.05) is 6.26 Å². The highest BCUT2D eigenvalue weighted by Gasteiger charge is 2.04. The van der Waals surface area contributed by atoms with E-state index in [1.54, 1.807) is 11.8 Å². The molecule has 2 aromatic carbocycles. The van der Waals surface area contributed by atoms with E-state index in [-0.39, 0.29) is 12.4 Å². The molecule has 0 aliphatic carbocycles. The van der Waals surface area contributed by atoms with Crippen LogP contribution in [0.4, 0.5) is 0 Å². The van der Waals surface area contributed by atoms with E-state index in [4.69, 9.17) is 0 Å². The van der Waals surface area contributed by atoms with E-state index in [2.05, 4.69) is 46.1 Å². The van der Waals surface area contributed by atoms with Crippen molar-refractivity contribution < 1.29 is 0 Å². The van der Waals surface area contributed by atoms with E-state index in [1.165, 1.54) is 4.90 Å². The van der Waals surface area contributed by atoms with E-state index in [9.17, 15) is 0 Å². The first-order valence-electron chi connectivity index (χ1n) is 5.45. The van der Waals surface area contributed by atoms with Crippen LogP contribution in [0.5, 0.6) is 0 Å². The highest BCUT2D eigenvalue weighted by Crippen LogP contribution is 2.23. The van der Waals surface area contributed by atoms with Gasteiger partial charge in [-0.1, -0.05) is 18.2 Å². The maximum absolute atomic E-state index is 4.45. The Morgan fingerprint density at radius 1 is 1.06 bits per heavy atom. The monoisotopic (exact) mass is 276 g/mol. The van der Waals surface area contributed by atoms with Crippen LogP contribution in [0.25, 0.3) is 16.7 Å². The average Bonchev–Trinajstić information content (AvgIpc) is 2.82. The Hall–Kier alpha value is -1.45. The summed E-state index contributed by atoms with van der Waals surface area (Å²) in [6, 6.07) is 16.7. The average molecular weight is 277 g/mol. The van der Waals surface area contributed by atoms with Crippen LogP contribution < -0.4 is 0 Å². The lowest BCUT2D eigenvalue weighted by molar-refractivity contribution is 1.09. The molecule has 3 aromatic rings. The van der Waals surface area contributed by atoms with Crippen LogP contribution in [0.1, 0.15) is 0 Å². The summed E-state index contributed by atoms with van der Waals surface area (Å²) in [4.78, 5) is 5.70. The van der Waals surface area contributed by atoms with Gasteiger partial charge in [-0.25, -0.2) is 4.98 Å². The molecule has 0 bridgehead atoms. The van der Waals surface area contributed by atoms with Crippen molar-refractivity contribution in [3.63, 3.8) is 0 Å². The van der Waals surface area contributed by atoms with Crippen LogP contribution in [0.3, 0.4) is 0 Å². The van der Waals surface area contributed by atoms with Gasteiger partial charge in [-0.2, -0.15) is 0 Å². The van der Waals surface area contributed by atoms with Gasteiger partial charge in [0, 0.05) is 10.6 Å². The van der Waals surface area contributed by atoms with Crippen molar-refractivity contribution in [1.82, 2.24) is 9.55 Å². The quantitative estimate of drug-likeness (QED) is 0.654. The fraction of sp³-hybridized carbons (Fsp3) is 0.0714. The minimum Gasteiger partial charge on any atom is -0.299 e. The molecule has 92 valence electrons. The normalized spacial score (nSPS) is 10.3. The highest BCUT2D eigenvalue weighted by atomic mass is 35.5. The van der Waals surface area contributed by atoms with Crippen molar-refractivity contribution in [2.45, 2.75) is 4.90 Å². The molecule has 18 heavy (non-hydrogen) atoms. The third kappa shape index (κ3) is 2.24. The Kier molecular flexibility index (Phi) is 3.94. The van der Waals surface area contributed by atoms with Crippen molar-refractivity contribution in [3.8, 4) is 5.69 Å². The van der Waals surface area contributed by atoms with Gasteiger partial charge >= 0.3 is 0 Å². The lowest BCUT2D eigenvalue weighted by Crippen LogP contribution is -1.90. The molecular formula is C14H13ClN2S. The number of halogens is 1. The lowest BCUT2D eigenvalue weighted by atomic mass is 10.3. The Morgan fingerprint density at radius 3 is 2.56 bits per heavy atom. The summed E-state index contributed by atoms with van der Waals surface area (Å²) in [5.41, 5.74) is 3.33. The molecule has 0 saturated carbocycles. The molecule has 1 aromatic heterocycles. The fourth-order valence-corrected chi connectivity index (χ4v) is 2.35. The number of imidazole rings is 1.